The van der Waals surface area contributed by atoms with E-state index in [4.69, 9.17) is 4.74 Å². The van der Waals surface area contributed by atoms with Crippen LogP contribution in [0.15, 0.2) is 72.8 Å². The Bertz CT molecular complexity index is 1040. The first kappa shape index (κ1) is 21.5. The second-order valence-electron chi connectivity index (χ2n) is 8.83. The molecule has 0 aliphatic heterocycles. The molecule has 0 radical (unpaired) electrons. The van der Waals surface area contributed by atoms with E-state index >= 15 is 0 Å². The predicted molar refractivity (Wildman–Crippen MR) is 121 cm³/mol. The molecule has 0 aliphatic rings. The second kappa shape index (κ2) is 8.66. The van der Waals surface area contributed by atoms with Crippen LogP contribution in [0.2, 0.25) is 0 Å². The van der Waals surface area contributed by atoms with Crippen LogP contribution in [-0.4, -0.2) is 11.6 Å². The van der Waals surface area contributed by atoms with Gasteiger partial charge in [0.15, 0.2) is 11.6 Å². The van der Waals surface area contributed by atoms with Crippen LogP contribution in [0.25, 0.3) is 0 Å². The van der Waals surface area contributed by atoms with E-state index < -0.39 is 0 Å². The summed E-state index contributed by atoms with van der Waals surface area (Å²) < 4.78 is 5.91. The lowest BCUT2D eigenvalue weighted by atomic mass is 9.87. The predicted octanol–water partition coefficient (Wildman–Crippen LogP) is 6.85. The Labute approximate surface area is 178 Å². The standard InChI is InChI=1S/C27H28O3/c1-18(2)25(28)20-7-6-8-21(17-20)26(29)19-9-13-23(14-10-19)30-24-15-11-22(12-16-24)27(3,4)5/h6-18H,1-5H3. The average Bonchev–Trinajstić information content (AvgIpc) is 2.73. The van der Waals surface area contributed by atoms with Crippen molar-refractivity contribution >= 4 is 11.6 Å². The Morgan fingerprint density at radius 2 is 1.27 bits per heavy atom. The number of Topliss-reactive ketones (excluding diaryl/α,β-unsaturated/α-hetero) is 1. The van der Waals surface area contributed by atoms with E-state index in [1.807, 2.05) is 26.0 Å². The van der Waals surface area contributed by atoms with Gasteiger partial charge in [-0.3, -0.25) is 9.59 Å². The number of hydrogen-bond donors (Lipinski definition) is 0. The van der Waals surface area contributed by atoms with Crippen LogP contribution in [0.4, 0.5) is 0 Å². The fraction of sp³-hybridized carbons (Fsp3) is 0.259. The van der Waals surface area contributed by atoms with Crippen LogP contribution in [0.1, 0.15) is 66.5 Å². The molecule has 0 aromatic heterocycles. The van der Waals surface area contributed by atoms with Crippen molar-refractivity contribution in [2.45, 2.75) is 40.0 Å². The van der Waals surface area contributed by atoms with Gasteiger partial charge in [-0.25, -0.2) is 0 Å². The Hall–Kier alpha value is -3.20. The summed E-state index contributed by atoms with van der Waals surface area (Å²) in [4.78, 5) is 25.1. The molecule has 0 bridgehead atoms. The van der Waals surface area contributed by atoms with Crippen LogP contribution in [0.3, 0.4) is 0 Å². The molecule has 0 atom stereocenters. The molecule has 0 amide bonds. The van der Waals surface area contributed by atoms with Gasteiger partial charge >= 0.3 is 0 Å². The Morgan fingerprint density at radius 1 is 0.733 bits per heavy atom. The number of carbonyl (C=O) groups is 2. The van der Waals surface area contributed by atoms with E-state index in [1.54, 1.807) is 48.5 Å². The molecule has 3 rings (SSSR count). The van der Waals surface area contributed by atoms with Gasteiger partial charge in [-0.05, 0) is 53.4 Å². The molecule has 3 aromatic carbocycles. The zero-order valence-corrected chi connectivity index (χ0v) is 18.2. The molecule has 3 aromatic rings. The largest absolute Gasteiger partial charge is 0.457 e. The van der Waals surface area contributed by atoms with Gasteiger partial charge < -0.3 is 4.74 Å². The highest BCUT2D eigenvalue weighted by atomic mass is 16.5. The Morgan fingerprint density at radius 3 is 1.80 bits per heavy atom. The van der Waals surface area contributed by atoms with E-state index in [2.05, 4.69) is 32.9 Å². The number of benzene rings is 3. The number of ketones is 2. The molecule has 3 nitrogen and oxygen atoms in total. The molecule has 154 valence electrons. The highest BCUT2D eigenvalue weighted by Gasteiger charge is 2.15. The third-order valence-electron chi connectivity index (χ3n) is 5.01. The van der Waals surface area contributed by atoms with Gasteiger partial charge in [-0.2, -0.15) is 0 Å². The molecule has 0 saturated carbocycles. The average molecular weight is 401 g/mol. The smallest absolute Gasteiger partial charge is 0.193 e. The minimum Gasteiger partial charge on any atom is -0.457 e. The van der Waals surface area contributed by atoms with E-state index in [0.717, 1.165) is 5.75 Å². The summed E-state index contributed by atoms with van der Waals surface area (Å²) in [7, 11) is 0. The third-order valence-corrected chi connectivity index (χ3v) is 5.01. The Balaban J connectivity index is 1.73. The van der Waals surface area contributed by atoms with Crippen molar-refractivity contribution in [1.29, 1.82) is 0 Å². The van der Waals surface area contributed by atoms with Gasteiger partial charge in [0.25, 0.3) is 0 Å². The maximum atomic E-state index is 12.8. The molecule has 30 heavy (non-hydrogen) atoms. The summed E-state index contributed by atoms with van der Waals surface area (Å²) in [6, 6.07) is 22.0. The summed E-state index contributed by atoms with van der Waals surface area (Å²) in [5, 5.41) is 0. The zero-order valence-electron chi connectivity index (χ0n) is 18.2. The van der Waals surface area contributed by atoms with Crippen molar-refractivity contribution in [1.82, 2.24) is 0 Å². The molecule has 0 unspecified atom stereocenters. The van der Waals surface area contributed by atoms with Crippen LogP contribution in [-0.2, 0) is 5.41 Å². The highest BCUT2D eigenvalue weighted by molar-refractivity contribution is 6.10. The monoisotopic (exact) mass is 400 g/mol. The molecule has 0 aliphatic carbocycles. The zero-order chi connectivity index (χ0) is 21.9. The topological polar surface area (TPSA) is 43.4 Å². The molecule has 0 heterocycles. The Kier molecular flexibility index (Phi) is 6.21. The second-order valence-corrected chi connectivity index (χ2v) is 8.83. The van der Waals surface area contributed by atoms with E-state index in [-0.39, 0.29) is 22.9 Å². The van der Waals surface area contributed by atoms with Crippen molar-refractivity contribution in [3.05, 3.63) is 95.1 Å². The minimum absolute atomic E-state index is 0.0332. The van der Waals surface area contributed by atoms with Crippen LogP contribution >= 0.6 is 0 Å². The number of ether oxygens (including phenoxy) is 1. The van der Waals surface area contributed by atoms with Crippen molar-refractivity contribution in [3.8, 4) is 11.5 Å². The summed E-state index contributed by atoms with van der Waals surface area (Å²) in [6.45, 7) is 10.2. The lowest BCUT2D eigenvalue weighted by Gasteiger charge is -2.19. The van der Waals surface area contributed by atoms with Crippen molar-refractivity contribution < 1.29 is 14.3 Å². The van der Waals surface area contributed by atoms with Crippen LogP contribution in [0.5, 0.6) is 11.5 Å². The number of hydrogen-bond acceptors (Lipinski definition) is 3. The van der Waals surface area contributed by atoms with Crippen LogP contribution < -0.4 is 4.74 Å². The van der Waals surface area contributed by atoms with E-state index in [1.165, 1.54) is 5.56 Å². The van der Waals surface area contributed by atoms with Crippen molar-refractivity contribution in [2.24, 2.45) is 5.92 Å². The molecule has 0 saturated heterocycles. The van der Waals surface area contributed by atoms with E-state index in [9.17, 15) is 9.59 Å². The quantitative estimate of drug-likeness (QED) is 0.425. The molecule has 0 N–H and O–H groups in total. The maximum Gasteiger partial charge on any atom is 0.193 e. The minimum atomic E-state index is -0.116. The summed E-state index contributed by atoms with van der Waals surface area (Å²) in [6.07, 6.45) is 0. The first-order valence-corrected chi connectivity index (χ1v) is 10.2. The van der Waals surface area contributed by atoms with Crippen molar-refractivity contribution in [2.75, 3.05) is 0 Å². The van der Waals surface area contributed by atoms with Gasteiger partial charge in [0.1, 0.15) is 11.5 Å². The van der Waals surface area contributed by atoms with Gasteiger partial charge in [0, 0.05) is 22.6 Å². The van der Waals surface area contributed by atoms with Gasteiger partial charge in [0.05, 0.1) is 0 Å². The summed E-state index contributed by atoms with van der Waals surface area (Å²) in [5.41, 5.74) is 2.97. The highest BCUT2D eigenvalue weighted by Crippen LogP contribution is 2.27. The SMILES string of the molecule is CC(C)C(=O)c1cccc(C(=O)c2ccc(Oc3ccc(C(C)(C)C)cc3)cc2)c1. The molecule has 0 spiro atoms. The molecular formula is C27H28O3. The normalized spacial score (nSPS) is 11.4. The number of carbonyl (C=O) groups excluding carboxylic acids is 2. The van der Waals surface area contributed by atoms with Gasteiger partial charge in [-0.15, -0.1) is 0 Å². The third kappa shape index (κ3) is 5.04. The first-order valence-electron chi connectivity index (χ1n) is 10.2. The van der Waals surface area contributed by atoms with E-state index in [0.29, 0.717) is 22.4 Å². The van der Waals surface area contributed by atoms with Crippen molar-refractivity contribution in [3.63, 3.8) is 0 Å². The first-order chi connectivity index (χ1) is 14.1. The lowest BCUT2D eigenvalue weighted by Crippen LogP contribution is -2.10. The fourth-order valence-electron chi connectivity index (χ4n) is 3.15. The van der Waals surface area contributed by atoms with Crippen LogP contribution in [0, 0.1) is 5.92 Å². The fourth-order valence-corrected chi connectivity index (χ4v) is 3.15. The lowest BCUT2D eigenvalue weighted by molar-refractivity contribution is 0.0939. The summed E-state index contributed by atoms with van der Waals surface area (Å²) in [5.74, 6) is 1.23. The molecular weight excluding hydrogens is 372 g/mol. The molecule has 3 heteroatoms. The molecule has 0 fully saturated rings. The summed E-state index contributed by atoms with van der Waals surface area (Å²) >= 11 is 0. The maximum absolute atomic E-state index is 12.8. The van der Waals surface area contributed by atoms with Gasteiger partial charge in [-0.1, -0.05) is 65.0 Å². The van der Waals surface area contributed by atoms with Gasteiger partial charge in [0.2, 0.25) is 0 Å². The number of rotatable bonds is 6.